The standard InChI is InChI=1S/C15H19N5O/c1-11-2-4-12(5-3-11)19-15(21)13-14(18-7-6-17-13)20-9-8-16-10-20/h6-12H,2-5H2,1H3,(H,19,21). The summed E-state index contributed by atoms with van der Waals surface area (Å²) >= 11 is 0. The molecule has 0 bridgehead atoms. The number of imidazole rings is 1. The molecule has 0 unspecified atom stereocenters. The Morgan fingerprint density at radius 2 is 1.95 bits per heavy atom. The maximum atomic E-state index is 12.5. The van der Waals surface area contributed by atoms with Gasteiger partial charge in [0.05, 0.1) is 0 Å². The Kier molecular flexibility index (Phi) is 3.94. The van der Waals surface area contributed by atoms with Gasteiger partial charge in [0.2, 0.25) is 0 Å². The van der Waals surface area contributed by atoms with Crippen LogP contribution in [0.3, 0.4) is 0 Å². The Morgan fingerprint density at radius 1 is 1.19 bits per heavy atom. The Morgan fingerprint density at radius 3 is 2.67 bits per heavy atom. The van der Waals surface area contributed by atoms with E-state index >= 15 is 0 Å². The number of rotatable bonds is 3. The molecule has 1 N–H and O–H groups in total. The first-order chi connectivity index (χ1) is 10.2. The van der Waals surface area contributed by atoms with Crippen molar-refractivity contribution in [2.45, 2.75) is 38.6 Å². The number of hydrogen-bond donors (Lipinski definition) is 1. The minimum atomic E-state index is -0.161. The molecule has 1 saturated carbocycles. The molecule has 1 amide bonds. The molecule has 0 saturated heterocycles. The van der Waals surface area contributed by atoms with Crippen molar-refractivity contribution in [2.75, 3.05) is 0 Å². The molecule has 0 atom stereocenters. The highest BCUT2D eigenvalue weighted by molar-refractivity contribution is 5.95. The van der Waals surface area contributed by atoms with Crippen molar-refractivity contribution < 1.29 is 4.79 Å². The lowest BCUT2D eigenvalue weighted by molar-refractivity contribution is 0.0917. The first-order valence-corrected chi connectivity index (χ1v) is 7.34. The summed E-state index contributed by atoms with van der Waals surface area (Å²) in [6.45, 7) is 2.26. The third-order valence-electron chi connectivity index (χ3n) is 3.99. The number of nitrogens with zero attached hydrogens (tertiary/aromatic N) is 4. The summed E-state index contributed by atoms with van der Waals surface area (Å²) in [6.07, 6.45) is 12.5. The summed E-state index contributed by atoms with van der Waals surface area (Å²) in [5.74, 6) is 1.11. The topological polar surface area (TPSA) is 72.7 Å². The van der Waals surface area contributed by atoms with E-state index in [0.717, 1.165) is 18.8 Å². The van der Waals surface area contributed by atoms with Crippen LogP contribution in [-0.2, 0) is 0 Å². The zero-order chi connectivity index (χ0) is 14.7. The van der Waals surface area contributed by atoms with Crippen molar-refractivity contribution in [1.82, 2.24) is 24.8 Å². The van der Waals surface area contributed by atoms with Gasteiger partial charge in [0.1, 0.15) is 6.33 Å². The zero-order valence-corrected chi connectivity index (χ0v) is 12.1. The van der Waals surface area contributed by atoms with Crippen LogP contribution < -0.4 is 5.32 Å². The second-order valence-electron chi connectivity index (χ2n) is 5.63. The molecule has 6 nitrogen and oxygen atoms in total. The SMILES string of the molecule is CC1CCC(NC(=O)c2nccnc2-n2ccnc2)CC1. The Bertz CT molecular complexity index is 602. The molecule has 0 aromatic carbocycles. The number of hydrogen-bond acceptors (Lipinski definition) is 4. The minimum Gasteiger partial charge on any atom is -0.348 e. The molecular weight excluding hydrogens is 266 g/mol. The van der Waals surface area contributed by atoms with E-state index in [-0.39, 0.29) is 11.9 Å². The molecule has 21 heavy (non-hydrogen) atoms. The van der Waals surface area contributed by atoms with E-state index in [9.17, 15) is 4.79 Å². The van der Waals surface area contributed by atoms with Gasteiger partial charge in [-0.2, -0.15) is 0 Å². The number of amides is 1. The van der Waals surface area contributed by atoms with E-state index in [1.165, 1.54) is 19.0 Å². The fourth-order valence-electron chi connectivity index (χ4n) is 2.72. The van der Waals surface area contributed by atoms with Crippen molar-refractivity contribution in [2.24, 2.45) is 5.92 Å². The molecule has 0 aliphatic heterocycles. The predicted octanol–water partition coefficient (Wildman–Crippen LogP) is 1.97. The maximum Gasteiger partial charge on any atom is 0.273 e. The van der Waals surface area contributed by atoms with Gasteiger partial charge < -0.3 is 5.32 Å². The number of nitrogens with one attached hydrogen (secondary N) is 1. The average molecular weight is 285 g/mol. The molecule has 1 aliphatic carbocycles. The van der Waals surface area contributed by atoms with Crippen molar-refractivity contribution >= 4 is 5.91 Å². The summed E-state index contributed by atoms with van der Waals surface area (Å²) in [6, 6.07) is 0.242. The van der Waals surface area contributed by atoms with Crippen LogP contribution in [0.5, 0.6) is 0 Å². The zero-order valence-electron chi connectivity index (χ0n) is 12.1. The average Bonchev–Trinajstić information content (AvgIpc) is 3.04. The molecule has 2 heterocycles. The van der Waals surface area contributed by atoms with Crippen LogP contribution in [0.2, 0.25) is 0 Å². The normalized spacial score (nSPS) is 22.0. The van der Waals surface area contributed by atoms with Crippen LogP contribution in [0.25, 0.3) is 5.82 Å². The lowest BCUT2D eigenvalue weighted by Gasteiger charge is -2.26. The van der Waals surface area contributed by atoms with Gasteiger partial charge >= 0.3 is 0 Å². The maximum absolute atomic E-state index is 12.5. The summed E-state index contributed by atoms with van der Waals surface area (Å²) in [4.78, 5) is 24.9. The smallest absolute Gasteiger partial charge is 0.273 e. The van der Waals surface area contributed by atoms with Crippen LogP contribution in [0.4, 0.5) is 0 Å². The largest absolute Gasteiger partial charge is 0.348 e. The summed E-state index contributed by atoms with van der Waals surface area (Å²) in [7, 11) is 0. The molecule has 3 rings (SSSR count). The lowest BCUT2D eigenvalue weighted by atomic mass is 9.87. The molecule has 1 fully saturated rings. The Labute approximate surface area is 123 Å². The highest BCUT2D eigenvalue weighted by atomic mass is 16.2. The highest BCUT2D eigenvalue weighted by Gasteiger charge is 2.22. The third-order valence-corrected chi connectivity index (χ3v) is 3.99. The minimum absolute atomic E-state index is 0.161. The summed E-state index contributed by atoms with van der Waals surface area (Å²) < 4.78 is 1.70. The summed E-state index contributed by atoms with van der Waals surface area (Å²) in [5, 5.41) is 3.08. The first-order valence-electron chi connectivity index (χ1n) is 7.34. The molecule has 0 spiro atoms. The van der Waals surface area contributed by atoms with Gasteiger partial charge in [0, 0.05) is 30.8 Å². The van der Waals surface area contributed by atoms with Gasteiger partial charge in [-0.05, 0) is 31.6 Å². The number of carbonyl (C=O) groups excluding carboxylic acids is 1. The van der Waals surface area contributed by atoms with E-state index in [1.807, 2.05) is 0 Å². The molecule has 6 heteroatoms. The van der Waals surface area contributed by atoms with Gasteiger partial charge in [0.25, 0.3) is 5.91 Å². The van der Waals surface area contributed by atoms with Crippen LogP contribution in [0, 0.1) is 5.92 Å². The second kappa shape index (κ2) is 6.03. The Balaban J connectivity index is 1.76. The van der Waals surface area contributed by atoms with Gasteiger partial charge in [-0.3, -0.25) is 9.36 Å². The van der Waals surface area contributed by atoms with Crippen LogP contribution in [0.1, 0.15) is 43.1 Å². The van der Waals surface area contributed by atoms with E-state index in [2.05, 4.69) is 27.2 Å². The molecule has 0 radical (unpaired) electrons. The van der Waals surface area contributed by atoms with Gasteiger partial charge in [-0.25, -0.2) is 15.0 Å². The van der Waals surface area contributed by atoms with Crippen molar-refractivity contribution in [3.8, 4) is 5.82 Å². The van der Waals surface area contributed by atoms with Crippen LogP contribution >= 0.6 is 0 Å². The van der Waals surface area contributed by atoms with Gasteiger partial charge in [-0.15, -0.1) is 0 Å². The van der Waals surface area contributed by atoms with Gasteiger partial charge in [-0.1, -0.05) is 6.92 Å². The van der Waals surface area contributed by atoms with E-state index in [0.29, 0.717) is 11.5 Å². The molecule has 1 aliphatic rings. The van der Waals surface area contributed by atoms with E-state index in [1.54, 1.807) is 29.5 Å². The van der Waals surface area contributed by atoms with E-state index in [4.69, 9.17) is 0 Å². The quantitative estimate of drug-likeness (QED) is 0.935. The fraction of sp³-hybridized carbons (Fsp3) is 0.467. The number of aromatic nitrogens is 4. The predicted molar refractivity (Wildman–Crippen MR) is 78.0 cm³/mol. The molecule has 2 aromatic rings. The lowest BCUT2D eigenvalue weighted by Crippen LogP contribution is -2.38. The highest BCUT2D eigenvalue weighted by Crippen LogP contribution is 2.23. The third kappa shape index (κ3) is 3.09. The molecule has 2 aromatic heterocycles. The second-order valence-corrected chi connectivity index (χ2v) is 5.63. The monoisotopic (exact) mass is 285 g/mol. The van der Waals surface area contributed by atoms with E-state index < -0.39 is 0 Å². The van der Waals surface area contributed by atoms with Crippen LogP contribution in [-0.4, -0.2) is 31.5 Å². The van der Waals surface area contributed by atoms with Crippen LogP contribution in [0.15, 0.2) is 31.1 Å². The van der Waals surface area contributed by atoms with Gasteiger partial charge in [0.15, 0.2) is 11.5 Å². The molecular formula is C15H19N5O. The first kappa shape index (κ1) is 13.7. The van der Waals surface area contributed by atoms with Crippen molar-refractivity contribution in [3.05, 3.63) is 36.8 Å². The Hall–Kier alpha value is -2.24. The summed E-state index contributed by atoms with van der Waals surface area (Å²) in [5.41, 5.74) is 0.342. The fourth-order valence-corrected chi connectivity index (χ4v) is 2.72. The number of carbonyl (C=O) groups is 1. The van der Waals surface area contributed by atoms with Crippen molar-refractivity contribution in [1.29, 1.82) is 0 Å². The molecule has 110 valence electrons. The van der Waals surface area contributed by atoms with Crippen molar-refractivity contribution in [3.63, 3.8) is 0 Å².